The third kappa shape index (κ3) is 6.61. The van der Waals surface area contributed by atoms with Gasteiger partial charge in [-0.25, -0.2) is 15.0 Å². The summed E-state index contributed by atoms with van der Waals surface area (Å²) in [6.45, 7) is 2.16. The highest BCUT2D eigenvalue weighted by Crippen LogP contribution is 2.47. The van der Waals surface area contributed by atoms with E-state index in [1.54, 1.807) is 0 Å². The van der Waals surface area contributed by atoms with Gasteiger partial charge in [-0.3, -0.25) is 0 Å². The molecule has 4 heteroatoms. The lowest BCUT2D eigenvalue weighted by Gasteiger charge is -2.37. The van der Waals surface area contributed by atoms with E-state index >= 15 is 0 Å². The van der Waals surface area contributed by atoms with Gasteiger partial charge in [0.1, 0.15) is 0 Å². The molecule has 0 amide bonds. The van der Waals surface area contributed by atoms with Crippen molar-refractivity contribution in [2.45, 2.75) is 12.3 Å². The zero-order chi connectivity index (χ0) is 42.2. The van der Waals surface area contributed by atoms with Crippen LogP contribution in [0.4, 0.5) is 0 Å². The molecule has 298 valence electrons. The SMILES string of the molecule is Cc1ccc2c(c1)c1ccccc1n2-c1cccc(-c2cccc(C(c3ccccc3)(c3ccccc3)c3ccccc3)c2)c1-c1nc(-c2ccccc2)nc(-c2ccccc2)n1. The van der Waals surface area contributed by atoms with Gasteiger partial charge in [-0.1, -0.05) is 212 Å². The van der Waals surface area contributed by atoms with Crippen LogP contribution in [0.1, 0.15) is 27.8 Å². The van der Waals surface area contributed by atoms with Crippen LogP contribution in [0.15, 0.2) is 237 Å². The normalized spacial score (nSPS) is 11.6. The molecule has 0 aliphatic carbocycles. The molecule has 0 saturated heterocycles. The van der Waals surface area contributed by atoms with Crippen LogP contribution in [0, 0.1) is 6.92 Å². The fraction of sp³-hybridized carbons (Fsp3) is 0.0339. The van der Waals surface area contributed by atoms with E-state index < -0.39 is 5.41 Å². The molecular formula is C59H42N4. The van der Waals surface area contributed by atoms with Crippen molar-refractivity contribution in [3.8, 4) is 51.0 Å². The van der Waals surface area contributed by atoms with Gasteiger partial charge >= 0.3 is 0 Å². The Labute approximate surface area is 367 Å². The van der Waals surface area contributed by atoms with Gasteiger partial charge in [-0.2, -0.15) is 0 Å². The minimum absolute atomic E-state index is 0.595. The summed E-state index contributed by atoms with van der Waals surface area (Å²) in [5.41, 5.74) is 13.3. The van der Waals surface area contributed by atoms with E-state index in [2.05, 4.69) is 212 Å². The van der Waals surface area contributed by atoms with Crippen LogP contribution in [-0.2, 0) is 5.41 Å². The van der Waals surface area contributed by atoms with E-state index in [4.69, 9.17) is 15.0 Å². The summed E-state index contributed by atoms with van der Waals surface area (Å²) in [6.07, 6.45) is 0. The first-order valence-corrected chi connectivity index (χ1v) is 21.4. The number of para-hydroxylation sites is 1. The number of rotatable bonds is 9. The molecule has 11 rings (SSSR count). The number of hydrogen-bond acceptors (Lipinski definition) is 3. The molecule has 9 aromatic carbocycles. The molecule has 0 aliphatic heterocycles. The number of aryl methyl sites for hydroxylation is 1. The van der Waals surface area contributed by atoms with Crippen LogP contribution in [-0.4, -0.2) is 19.5 Å². The van der Waals surface area contributed by atoms with Gasteiger partial charge in [0.2, 0.25) is 0 Å². The molecule has 0 bridgehead atoms. The Morgan fingerprint density at radius 3 is 1.40 bits per heavy atom. The maximum absolute atomic E-state index is 5.41. The van der Waals surface area contributed by atoms with Gasteiger partial charge in [0.15, 0.2) is 17.5 Å². The van der Waals surface area contributed by atoms with Gasteiger partial charge < -0.3 is 4.57 Å². The Morgan fingerprint density at radius 1 is 0.349 bits per heavy atom. The van der Waals surface area contributed by atoms with Gasteiger partial charge in [-0.05, 0) is 70.6 Å². The number of hydrogen-bond donors (Lipinski definition) is 0. The van der Waals surface area contributed by atoms with Crippen LogP contribution in [0.3, 0.4) is 0 Å². The van der Waals surface area contributed by atoms with Crippen LogP contribution in [0.25, 0.3) is 72.8 Å². The van der Waals surface area contributed by atoms with Crippen molar-refractivity contribution in [1.82, 2.24) is 19.5 Å². The predicted molar refractivity (Wildman–Crippen MR) is 259 cm³/mol. The Bertz CT molecular complexity index is 3230. The molecule has 0 N–H and O–H groups in total. The van der Waals surface area contributed by atoms with E-state index in [0.29, 0.717) is 17.5 Å². The smallest absolute Gasteiger partial charge is 0.166 e. The minimum Gasteiger partial charge on any atom is -0.308 e. The molecular weight excluding hydrogens is 765 g/mol. The zero-order valence-electron chi connectivity index (χ0n) is 34.8. The number of fused-ring (bicyclic) bond motifs is 3. The van der Waals surface area contributed by atoms with Crippen molar-refractivity contribution >= 4 is 21.8 Å². The van der Waals surface area contributed by atoms with Crippen molar-refractivity contribution in [3.05, 3.63) is 264 Å². The van der Waals surface area contributed by atoms with Gasteiger partial charge in [0.25, 0.3) is 0 Å². The first kappa shape index (κ1) is 37.8. The molecule has 0 saturated carbocycles. The molecule has 0 unspecified atom stereocenters. The Kier molecular flexibility index (Phi) is 9.59. The molecule has 0 spiro atoms. The third-order valence-electron chi connectivity index (χ3n) is 12.3. The molecule has 0 atom stereocenters. The quantitative estimate of drug-likeness (QED) is 0.136. The van der Waals surface area contributed by atoms with Crippen molar-refractivity contribution in [3.63, 3.8) is 0 Å². The van der Waals surface area contributed by atoms with Crippen LogP contribution < -0.4 is 0 Å². The van der Waals surface area contributed by atoms with E-state index in [0.717, 1.165) is 50.1 Å². The summed E-state index contributed by atoms with van der Waals surface area (Å²) in [4.78, 5) is 15.9. The fourth-order valence-corrected chi connectivity index (χ4v) is 9.45. The summed E-state index contributed by atoms with van der Waals surface area (Å²) in [5, 5.41) is 2.39. The molecule has 2 aromatic heterocycles. The molecule has 0 fully saturated rings. The van der Waals surface area contributed by atoms with Crippen molar-refractivity contribution < 1.29 is 0 Å². The summed E-state index contributed by atoms with van der Waals surface area (Å²) in [5.74, 6) is 1.82. The Balaban J connectivity index is 1.25. The summed E-state index contributed by atoms with van der Waals surface area (Å²) < 4.78 is 2.39. The summed E-state index contributed by atoms with van der Waals surface area (Å²) in [6, 6.07) is 84.2. The number of nitrogens with zero attached hydrogens (tertiary/aromatic N) is 4. The van der Waals surface area contributed by atoms with Gasteiger partial charge in [0, 0.05) is 21.9 Å². The predicted octanol–water partition coefficient (Wildman–Crippen LogP) is 14.3. The second kappa shape index (κ2) is 16.0. The maximum atomic E-state index is 5.41. The fourth-order valence-electron chi connectivity index (χ4n) is 9.45. The lowest BCUT2D eigenvalue weighted by atomic mass is 9.65. The Morgan fingerprint density at radius 2 is 0.810 bits per heavy atom. The van der Waals surface area contributed by atoms with Crippen molar-refractivity contribution in [1.29, 1.82) is 0 Å². The zero-order valence-corrected chi connectivity index (χ0v) is 34.8. The second-order valence-corrected chi connectivity index (χ2v) is 16.0. The maximum Gasteiger partial charge on any atom is 0.166 e. The van der Waals surface area contributed by atoms with E-state index in [9.17, 15) is 0 Å². The largest absolute Gasteiger partial charge is 0.308 e. The Hall–Kier alpha value is -8.21. The molecule has 4 nitrogen and oxygen atoms in total. The number of benzene rings is 9. The molecule has 2 heterocycles. The topological polar surface area (TPSA) is 43.6 Å². The van der Waals surface area contributed by atoms with Crippen LogP contribution >= 0.6 is 0 Å². The van der Waals surface area contributed by atoms with E-state index in [-0.39, 0.29) is 0 Å². The average molecular weight is 807 g/mol. The van der Waals surface area contributed by atoms with Crippen LogP contribution in [0.5, 0.6) is 0 Å². The molecule has 11 aromatic rings. The second-order valence-electron chi connectivity index (χ2n) is 16.0. The van der Waals surface area contributed by atoms with E-state index in [1.807, 2.05) is 36.4 Å². The molecule has 63 heavy (non-hydrogen) atoms. The summed E-state index contributed by atoms with van der Waals surface area (Å²) in [7, 11) is 0. The first-order valence-electron chi connectivity index (χ1n) is 21.4. The van der Waals surface area contributed by atoms with Crippen molar-refractivity contribution in [2.75, 3.05) is 0 Å². The van der Waals surface area contributed by atoms with E-state index in [1.165, 1.54) is 33.0 Å². The van der Waals surface area contributed by atoms with Gasteiger partial charge in [0.05, 0.1) is 27.7 Å². The lowest BCUT2D eigenvalue weighted by molar-refractivity contribution is 0.745. The van der Waals surface area contributed by atoms with Crippen LogP contribution in [0.2, 0.25) is 0 Å². The third-order valence-corrected chi connectivity index (χ3v) is 12.3. The monoisotopic (exact) mass is 806 g/mol. The minimum atomic E-state index is -0.629. The average Bonchev–Trinajstić information content (AvgIpc) is 3.68. The molecule has 0 aliphatic rings. The highest BCUT2D eigenvalue weighted by Gasteiger charge is 2.38. The first-order chi connectivity index (χ1) is 31.2. The molecule has 0 radical (unpaired) electrons. The highest BCUT2D eigenvalue weighted by molar-refractivity contribution is 6.10. The van der Waals surface area contributed by atoms with Gasteiger partial charge in [-0.15, -0.1) is 0 Å². The number of aromatic nitrogens is 4. The van der Waals surface area contributed by atoms with Crippen molar-refractivity contribution in [2.24, 2.45) is 0 Å². The summed E-state index contributed by atoms with van der Waals surface area (Å²) >= 11 is 0. The highest BCUT2D eigenvalue weighted by atomic mass is 15.1. The standard InChI is InChI=1S/C59H42N4/c1-41-37-38-53-51(39-41)50-33-17-18-35-52(50)63(53)54-36-20-34-49(55(54)58-61-56(42-21-7-2-8-22-42)60-57(62-58)43-23-9-3-10-24-43)44-25-19-32-48(40-44)59(45-26-11-4-12-27-45,46-28-13-5-14-29-46)47-30-15-6-16-31-47/h2-40H,1H3. The lowest BCUT2D eigenvalue weighted by Crippen LogP contribution is -2.31.